The van der Waals surface area contributed by atoms with Crippen LogP contribution in [0.5, 0.6) is 0 Å². The van der Waals surface area contributed by atoms with Crippen molar-refractivity contribution < 1.29 is 22.8 Å². The number of nitrogens with one attached hydrogen (secondary N) is 1. The van der Waals surface area contributed by atoms with Gasteiger partial charge in [0.25, 0.3) is 0 Å². The number of rotatable bonds is 4. The van der Waals surface area contributed by atoms with Crippen molar-refractivity contribution in [1.29, 1.82) is 0 Å². The van der Waals surface area contributed by atoms with Crippen LogP contribution in [0.1, 0.15) is 29.2 Å². The molecule has 1 atom stereocenters. The molecule has 1 aliphatic heterocycles. The van der Waals surface area contributed by atoms with Crippen molar-refractivity contribution in [3.05, 3.63) is 53.3 Å². The van der Waals surface area contributed by atoms with Crippen LogP contribution in [-0.2, 0) is 22.4 Å². The van der Waals surface area contributed by atoms with Crippen LogP contribution in [0.25, 0.3) is 0 Å². The summed E-state index contributed by atoms with van der Waals surface area (Å²) in [7, 11) is 1.61. The Morgan fingerprint density at radius 1 is 1.32 bits per heavy atom. The Morgan fingerprint density at radius 3 is 2.75 bits per heavy atom. The zero-order chi connectivity index (χ0) is 20.3. The number of aromatic amines is 1. The maximum Gasteiger partial charge on any atom is 0.397 e. The number of carbonyl (C=O) groups excluding carboxylic acids is 2. The summed E-state index contributed by atoms with van der Waals surface area (Å²) in [6.45, 7) is 0.214. The Morgan fingerprint density at radius 2 is 2.07 bits per heavy atom. The molecule has 0 aliphatic carbocycles. The second kappa shape index (κ2) is 8.04. The lowest BCUT2D eigenvalue weighted by molar-refractivity contribution is -0.162. The Kier molecular flexibility index (Phi) is 5.71. The van der Waals surface area contributed by atoms with Crippen molar-refractivity contribution in [3.63, 3.8) is 0 Å². The molecule has 3 rings (SSSR count). The SMILES string of the molecule is CN(C(=O)Cc1cn[nH]c1)C1CN(C(=O)CC(F)(F)F)CCc2ccccc21. The fourth-order valence-corrected chi connectivity index (χ4v) is 3.43. The summed E-state index contributed by atoms with van der Waals surface area (Å²) < 4.78 is 38.1. The first kappa shape index (κ1) is 19.9. The van der Waals surface area contributed by atoms with Crippen LogP contribution in [0, 0.1) is 0 Å². The van der Waals surface area contributed by atoms with Gasteiger partial charge in [-0.3, -0.25) is 14.7 Å². The first-order chi connectivity index (χ1) is 13.2. The zero-order valence-electron chi connectivity index (χ0n) is 15.4. The molecule has 0 fully saturated rings. The Hall–Kier alpha value is -2.84. The number of benzene rings is 1. The van der Waals surface area contributed by atoms with Gasteiger partial charge in [-0.1, -0.05) is 24.3 Å². The Balaban J connectivity index is 1.84. The second-order valence-electron chi connectivity index (χ2n) is 6.88. The first-order valence-corrected chi connectivity index (χ1v) is 8.90. The van der Waals surface area contributed by atoms with Gasteiger partial charge in [-0.15, -0.1) is 0 Å². The zero-order valence-corrected chi connectivity index (χ0v) is 15.4. The molecule has 2 aromatic rings. The summed E-state index contributed by atoms with van der Waals surface area (Å²) in [4.78, 5) is 27.7. The van der Waals surface area contributed by atoms with Crippen molar-refractivity contribution in [2.45, 2.75) is 31.5 Å². The van der Waals surface area contributed by atoms with Crippen LogP contribution in [0.4, 0.5) is 13.2 Å². The number of amides is 2. The highest BCUT2D eigenvalue weighted by molar-refractivity contribution is 5.80. The van der Waals surface area contributed by atoms with Crippen molar-refractivity contribution >= 4 is 11.8 Å². The monoisotopic (exact) mass is 394 g/mol. The van der Waals surface area contributed by atoms with E-state index in [-0.39, 0.29) is 25.4 Å². The molecular formula is C19H21F3N4O2. The lowest BCUT2D eigenvalue weighted by Crippen LogP contribution is -2.42. The minimum Gasteiger partial charge on any atom is -0.340 e. The van der Waals surface area contributed by atoms with E-state index in [9.17, 15) is 22.8 Å². The molecule has 6 nitrogen and oxygen atoms in total. The lowest BCUT2D eigenvalue weighted by Gasteiger charge is -2.32. The third-order valence-corrected chi connectivity index (χ3v) is 4.93. The highest BCUT2D eigenvalue weighted by atomic mass is 19.4. The number of hydrogen-bond acceptors (Lipinski definition) is 3. The Labute approximate surface area is 160 Å². The van der Waals surface area contributed by atoms with Gasteiger partial charge in [0.15, 0.2) is 0 Å². The lowest BCUT2D eigenvalue weighted by atomic mass is 9.98. The molecule has 0 saturated heterocycles. The van der Waals surface area contributed by atoms with Crippen LogP contribution in [-0.4, -0.2) is 58.1 Å². The molecule has 1 N–H and O–H groups in total. The smallest absolute Gasteiger partial charge is 0.340 e. The molecule has 0 spiro atoms. The average Bonchev–Trinajstić information content (AvgIpc) is 3.05. The fourth-order valence-electron chi connectivity index (χ4n) is 3.43. The van der Waals surface area contributed by atoms with Gasteiger partial charge in [-0.25, -0.2) is 0 Å². The van der Waals surface area contributed by atoms with E-state index in [4.69, 9.17) is 0 Å². The van der Waals surface area contributed by atoms with Gasteiger partial charge in [0, 0.05) is 26.3 Å². The maximum atomic E-state index is 12.7. The average molecular weight is 394 g/mol. The number of carbonyl (C=O) groups is 2. The minimum absolute atomic E-state index is 0.0273. The molecule has 9 heteroatoms. The van der Waals surface area contributed by atoms with Crippen LogP contribution < -0.4 is 0 Å². The first-order valence-electron chi connectivity index (χ1n) is 8.90. The number of likely N-dealkylation sites (N-methyl/N-ethyl adjacent to an activating group) is 1. The number of alkyl halides is 3. The Bertz CT molecular complexity index is 836. The quantitative estimate of drug-likeness (QED) is 0.866. The predicted molar refractivity (Wildman–Crippen MR) is 95.2 cm³/mol. The molecular weight excluding hydrogens is 373 g/mol. The third kappa shape index (κ3) is 4.71. The van der Waals surface area contributed by atoms with Gasteiger partial charge in [0.2, 0.25) is 11.8 Å². The summed E-state index contributed by atoms with van der Waals surface area (Å²) >= 11 is 0. The van der Waals surface area contributed by atoms with Gasteiger partial charge >= 0.3 is 6.18 Å². The van der Waals surface area contributed by atoms with Crippen molar-refractivity contribution in [3.8, 4) is 0 Å². The van der Waals surface area contributed by atoms with E-state index >= 15 is 0 Å². The highest BCUT2D eigenvalue weighted by Gasteiger charge is 2.36. The molecule has 28 heavy (non-hydrogen) atoms. The molecule has 0 saturated carbocycles. The number of halogens is 3. The summed E-state index contributed by atoms with van der Waals surface area (Å²) in [6, 6.07) is 6.90. The van der Waals surface area contributed by atoms with Gasteiger partial charge in [0.05, 0.1) is 18.7 Å². The van der Waals surface area contributed by atoms with Gasteiger partial charge in [0.1, 0.15) is 6.42 Å². The van der Waals surface area contributed by atoms with Gasteiger partial charge in [-0.2, -0.15) is 18.3 Å². The number of H-pyrrole nitrogens is 1. The van der Waals surface area contributed by atoms with E-state index in [1.54, 1.807) is 19.4 Å². The van der Waals surface area contributed by atoms with E-state index < -0.39 is 24.5 Å². The highest BCUT2D eigenvalue weighted by Crippen LogP contribution is 2.30. The number of aromatic nitrogens is 2. The largest absolute Gasteiger partial charge is 0.397 e. The molecule has 1 aliphatic rings. The summed E-state index contributed by atoms with van der Waals surface area (Å²) in [5.41, 5.74) is 2.49. The predicted octanol–water partition coefficient (Wildman–Crippen LogP) is 2.49. The van der Waals surface area contributed by atoms with E-state index in [1.165, 1.54) is 9.80 Å². The molecule has 0 radical (unpaired) electrons. The molecule has 0 bridgehead atoms. The molecule has 1 aromatic heterocycles. The minimum atomic E-state index is -4.56. The van der Waals surface area contributed by atoms with Crippen LogP contribution in [0.15, 0.2) is 36.7 Å². The molecule has 2 amide bonds. The van der Waals surface area contributed by atoms with E-state index in [0.717, 1.165) is 11.1 Å². The fraction of sp³-hybridized carbons (Fsp3) is 0.421. The summed E-state index contributed by atoms with van der Waals surface area (Å²) in [5, 5.41) is 6.45. The van der Waals surface area contributed by atoms with Crippen LogP contribution in [0.2, 0.25) is 0 Å². The number of hydrogen-bond donors (Lipinski definition) is 1. The van der Waals surface area contributed by atoms with Crippen LogP contribution in [0.3, 0.4) is 0 Å². The molecule has 1 unspecified atom stereocenters. The third-order valence-electron chi connectivity index (χ3n) is 4.93. The molecule has 150 valence electrons. The van der Waals surface area contributed by atoms with E-state index in [1.807, 2.05) is 24.3 Å². The summed E-state index contributed by atoms with van der Waals surface area (Å²) in [5.74, 6) is -1.17. The van der Waals surface area contributed by atoms with Crippen molar-refractivity contribution in [2.24, 2.45) is 0 Å². The maximum absolute atomic E-state index is 12.7. The normalized spacial score (nSPS) is 17.0. The molecule has 2 heterocycles. The number of fused-ring (bicyclic) bond motifs is 1. The van der Waals surface area contributed by atoms with E-state index in [0.29, 0.717) is 12.0 Å². The van der Waals surface area contributed by atoms with E-state index in [2.05, 4.69) is 10.2 Å². The molecule has 1 aromatic carbocycles. The number of nitrogens with zero attached hydrogens (tertiary/aromatic N) is 3. The second-order valence-corrected chi connectivity index (χ2v) is 6.88. The van der Waals surface area contributed by atoms with Crippen LogP contribution >= 0.6 is 0 Å². The van der Waals surface area contributed by atoms with Gasteiger partial charge in [-0.05, 0) is 23.1 Å². The topological polar surface area (TPSA) is 69.3 Å². The standard InChI is InChI=1S/C19H21F3N4O2/c1-25(17(27)8-13-10-23-24-11-13)16-12-26(18(28)9-19(20,21)22)7-6-14-4-2-3-5-15(14)16/h2-5,10-11,16H,6-9,12H2,1H3,(H,23,24). The summed E-state index contributed by atoms with van der Waals surface area (Å²) in [6.07, 6.45) is -2.34. The van der Waals surface area contributed by atoms with Crippen molar-refractivity contribution in [1.82, 2.24) is 20.0 Å². The van der Waals surface area contributed by atoms with Crippen molar-refractivity contribution in [2.75, 3.05) is 20.1 Å². The van der Waals surface area contributed by atoms with Gasteiger partial charge < -0.3 is 9.80 Å².